The highest BCUT2D eigenvalue weighted by atomic mass is 35.5. The summed E-state index contributed by atoms with van der Waals surface area (Å²) in [4.78, 5) is 48.1. The molecule has 0 spiro atoms. The molecule has 5 rings (SSSR count). The summed E-state index contributed by atoms with van der Waals surface area (Å²) >= 11 is 19.4. The van der Waals surface area contributed by atoms with Gasteiger partial charge < -0.3 is 19.5 Å². The number of methoxy groups -OCH3 is 1. The normalized spacial score (nSPS) is 16.8. The van der Waals surface area contributed by atoms with Gasteiger partial charge in [0.05, 0.1) is 57.1 Å². The number of amides is 3. The van der Waals surface area contributed by atoms with Gasteiger partial charge in [0.1, 0.15) is 17.0 Å². The maximum atomic E-state index is 14.5. The van der Waals surface area contributed by atoms with Gasteiger partial charge in [-0.05, 0) is 86.7 Å². The Balaban J connectivity index is 1.57. The van der Waals surface area contributed by atoms with E-state index in [4.69, 9.17) is 39.5 Å². The summed E-state index contributed by atoms with van der Waals surface area (Å²) in [5.41, 5.74) is -0.461. The van der Waals surface area contributed by atoms with E-state index in [0.717, 1.165) is 24.2 Å². The van der Waals surface area contributed by atoms with Crippen LogP contribution in [-0.4, -0.2) is 62.4 Å². The smallest absolute Gasteiger partial charge is 0.362 e. The average Bonchev–Trinajstić information content (AvgIpc) is 3.45. The molecule has 0 saturated carbocycles. The highest BCUT2D eigenvalue weighted by molar-refractivity contribution is 7.99. The van der Waals surface area contributed by atoms with Gasteiger partial charge in [-0.1, -0.05) is 41.0 Å². The van der Waals surface area contributed by atoms with E-state index in [-0.39, 0.29) is 45.4 Å². The molecule has 18 heteroatoms. The highest BCUT2D eigenvalue weighted by Crippen LogP contribution is 2.46. The molecule has 2 N–H and O–H groups in total. The van der Waals surface area contributed by atoms with Crippen LogP contribution in [0.4, 0.5) is 19.3 Å². The molecule has 2 aromatic carbocycles. The third-order valence-corrected chi connectivity index (χ3v) is 12.7. The lowest BCUT2D eigenvalue weighted by molar-refractivity contribution is 0.0684. The molecule has 3 aromatic rings. The molecular formula is C35H37Cl3F2N6O5S2. The van der Waals surface area contributed by atoms with Crippen molar-refractivity contribution in [2.75, 3.05) is 31.6 Å². The molecule has 1 fully saturated rings. The molecule has 0 radical (unpaired) electrons. The molecule has 53 heavy (non-hydrogen) atoms. The maximum absolute atomic E-state index is 14.5. The number of nitrogens with zero attached hydrogens (tertiary/aromatic N) is 4. The second kappa shape index (κ2) is 16.1. The number of fused-ring (bicyclic) bond motifs is 1. The molecule has 3 amide bonds. The van der Waals surface area contributed by atoms with Crippen molar-refractivity contribution in [3.05, 3.63) is 78.7 Å². The number of halogens is 5. The molecule has 1 saturated heterocycles. The number of ether oxygens (including phenoxy) is 1. The lowest BCUT2D eigenvalue weighted by atomic mass is 10.0. The molecule has 2 atom stereocenters. The van der Waals surface area contributed by atoms with E-state index in [9.17, 15) is 32.6 Å². The average molecular weight is 830 g/mol. The lowest BCUT2D eigenvalue weighted by Gasteiger charge is -2.35. The van der Waals surface area contributed by atoms with Crippen LogP contribution in [0.2, 0.25) is 10.0 Å². The number of anilines is 1. The fourth-order valence-corrected chi connectivity index (χ4v) is 8.67. The Morgan fingerprint density at radius 2 is 1.91 bits per heavy atom. The number of aromatic amines is 1. The lowest BCUT2D eigenvalue weighted by Crippen LogP contribution is -2.49. The van der Waals surface area contributed by atoms with Crippen LogP contribution < -0.4 is 19.9 Å². The Morgan fingerprint density at radius 1 is 1.19 bits per heavy atom. The van der Waals surface area contributed by atoms with Crippen molar-refractivity contribution in [2.45, 2.75) is 79.6 Å². The predicted octanol–water partition coefficient (Wildman–Crippen LogP) is 7.94. The van der Waals surface area contributed by atoms with Gasteiger partial charge in [0, 0.05) is 42.5 Å². The van der Waals surface area contributed by atoms with Crippen molar-refractivity contribution >= 4 is 75.2 Å². The molecule has 2 aliphatic rings. The molecule has 1 aromatic heterocycles. The van der Waals surface area contributed by atoms with E-state index in [1.807, 2.05) is 11.9 Å². The number of carbonyl (C=O) groups excluding carboxylic acids is 2. The SMILES string of the molecule is CCN1CCCN(c2cc3c(cc2OC)C(CC#N)N(C(=O)c2c(Sc4c(Cl)ccc(CNS(=O)C(C)(C)C)c4Cl)cc(C(F)(F)Cl)[nH]c2=O)C3)C1=O. The minimum Gasteiger partial charge on any atom is -0.495 e. The van der Waals surface area contributed by atoms with Crippen molar-refractivity contribution < 1.29 is 27.3 Å². The zero-order chi connectivity index (χ0) is 39.0. The van der Waals surface area contributed by atoms with Gasteiger partial charge in [-0.2, -0.15) is 14.0 Å². The van der Waals surface area contributed by atoms with Crippen LogP contribution in [0.15, 0.2) is 44.9 Å². The zero-order valence-electron chi connectivity index (χ0n) is 29.5. The first-order valence-electron chi connectivity index (χ1n) is 16.5. The zero-order valence-corrected chi connectivity index (χ0v) is 33.4. The minimum atomic E-state index is -4.01. The van der Waals surface area contributed by atoms with Gasteiger partial charge in [-0.25, -0.2) is 13.7 Å². The van der Waals surface area contributed by atoms with Crippen LogP contribution in [0, 0.1) is 11.3 Å². The van der Waals surface area contributed by atoms with Gasteiger partial charge in [0.2, 0.25) is 0 Å². The third kappa shape index (κ3) is 8.48. The summed E-state index contributed by atoms with van der Waals surface area (Å²) in [7, 11) is 0.00583. The molecule has 284 valence electrons. The Labute approximate surface area is 327 Å². The Morgan fingerprint density at radius 3 is 2.53 bits per heavy atom. The second-order valence-corrected chi connectivity index (χ2v) is 17.7. The summed E-state index contributed by atoms with van der Waals surface area (Å²) in [6.07, 6.45) is 0.556. The summed E-state index contributed by atoms with van der Waals surface area (Å²) in [6.45, 7) is 8.84. The largest absolute Gasteiger partial charge is 0.495 e. The van der Waals surface area contributed by atoms with Crippen LogP contribution in [0.25, 0.3) is 0 Å². The van der Waals surface area contributed by atoms with Crippen molar-refractivity contribution in [2.24, 2.45) is 0 Å². The highest BCUT2D eigenvalue weighted by Gasteiger charge is 2.40. The summed E-state index contributed by atoms with van der Waals surface area (Å²) < 4.78 is 49.6. The quantitative estimate of drug-likeness (QED) is 0.187. The second-order valence-electron chi connectivity index (χ2n) is 13.3. The first kappa shape index (κ1) is 40.8. The molecule has 3 heterocycles. The molecule has 11 nitrogen and oxygen atoms in total. The number of nitriles is 1. The number of H-pyrrole nitrogens is 1. The number of alkyl halides is 3. The topological polar surface area (TPSA) is 139 Å². The number of pyridine rings is 1. The molecule has 2 aliphatic heterocycles. The monoisotopic (exact) mass is 828 g/mol. The van der Waals surface area contributed by atoms with E-state index < -0.39 is 49.9 Å². The van der Waals surface area contributed by atoms with Gasteiger partial charge in [-0.3, -0.25) is 14.5 Å². The number of benzene rings is 2. The molecule has 0 bridgehead atoms. The maximum Gasteiger partial charge on any atom is 0.362 e. The Bertz CT molecular complexity index is 2070. The fourth-order valence-electron chi connectivity index (χ4n) is 6.12. The van der Waals surface area contributed by atoms with Crippen LogP contribution in [0.3, 0.4) is 0 Å². The molecule has 2 unspecified atom stereocenters. The number of nitrogens with one attached hydrogen (secondary N) is 2. The van der Waals surface area contributed by atoms with Gasteiger partial charge in [0.15, 0.2) is 0 Å². The molecular weight excluding hydrogens is 793 g/mol. The van der Waals surface area contributed by atoms with Gasteiger partial charge >= 0.3 is 11.4 Å². The van der Waals surface area contributed by atoms with E-state index in [0.29, 0.717) is 47.8 Å². The summed E-state index contributed by atoms with van der Waals surface area (Å²) in [5.74, 6) is -0.493. The van der Waals surface area contributed by atoms with Crippen molar-refractivity contribution in [3.8, 4) is 11.8 Å². The first-order valence-corrected chi connectivity index (χ1v) is 19.6. The van der Waals surface area contributed by atoms with Crippen molar-refractivity contribution in [1.29, 1.82) is 5.26 Å². The van der Waals surface area contributed by atoms with Crippen molar-refractivity contribution in [3.63, 3.8) is 0 Å². The fraction of sp³-hybridized carbons (Fsp3) is 0.429. The van der Waals surface area contributed by atoms with Crippen LogP contribution in [-0.2, 0) is 29.5 Å². The third-order valence-electron chi connectivity index (χ3n) is 8.85. The number of urea groups is 1. The number of carbonyl (C=O) groups is 2. The Hall–Kier alpha value is -3.39. The van der Waals surface area contributed by atoms with E-state index in [1.54, 1.807) is 48.8 Å². The van der Waals surface area contributed by atoms with Crippen molar-refractivity contribution in [1.82, 2.24) is 19.5 Å². The van der Waals surface area contributed by atoms with Gasteiger partial charge in [0.25, 0.3) is 11.5 Å². The van der Waals surface area contributed by atoms with Crippen LogP contribution >= 0.6 is 46.6 Å². The number of hydrogen-bond donors (Lipinski definition) is 2. The van der Waals surface area contributed by atoms with Crippen LogP contribution in [0.1, 0.15) is 79.3 Å². The summed E-state index contributed by atoms with van der Waals surface area (Å²) in [5, 5.41) is 6.01. The first-order chi connectivity index (χ1) is 24.9. The minimum absolute atomic E-state index is 0.0619. The number of hydrogen-bond acceptors (Lipinski definition) is 7. The Kier molecular flexibility index (Phi) is 12.4. The number of aromatic nitrogens is 1. The van der Waals surface area contributed by atoms with Gasteiger partial charge in [-0.15, -0.1) is 0 Å². The predicted molar refractivity (Wildman–Crippen MR) is 203 cm³/mol. The van der Waals surface area contributed by atoms with E-state index >= 15 is 0 Å². The standard InChI is InChI=1S/C35H37Cl3F2N6O5S2/c1-6-44-12-7-13-45(33(44)49)24-14-20-18-46(23(10-11-41)21(20)15-25(24)51-5)32(48)28-26(16-27(35(38,39)40)43-31(28)47)52-30-22(36)9-8-19(29(30)37)17-42-53(50)34(2,3)4/h8-9,14-16,23,42H,6-7,10,12-13,17-18H2,1-5H3,(H,43,47). The molecule has 0 aliphatic carbocycles. The van der Waals surface area contributed by atoms with Crippen LogP contribution in [0.5, 0.6) is 5.75 Å². The van der Waals surface area contributed by atoms with E-state index in [2.05, 4.69) is 10.8 Å². The summed E-state index contributed by atoms with van der Waals surface area (Å²) in [6, 6.07) is 8.48. The number of rotatable bonds is 11. The van der Waals surface area contributed by atoms with E-state index in [1.165, 1.54) is 18.1 Å².